The molecule has 0 aliphatic heterocycles. The number of halogens is 1. The van der Waals surface area contributed by atoms with Gasteiger partial charge in [0, 0.05) is 23.4 Å². The van der Waals surface area contributed by atoms with Crippen LogP contribution in [0.3, 0.4) is 0 Å². The summed E-state index contributed by atoms with van der Waals surface area (Å²) >= 11 is 5.96. The number of unbranched alkanes of at least 4 members (excludes halogenated alkanes) is 1. The van der Waals surface area contributed by atoms with Crippen molar-refractivity contribution in [1.29, 1.82) is 0 Å². The van der Waals surface area contributed by atoms with Crippen LogP contribution in [0, 0.1) is 0 Å². The molecule has 0 spiro atoms. The third-order valence-corrected chi connectivity index (χ3v) is 5.86. The van der Waals surface area contributed by atoms with Crippen molar-refractivity contribution in [3.05, 3.63) is 81.2 Å². The molecule has 8 nitrogen and oxygen atoms in total. The summed E-state index contributed by atoms with van der Waals surface area (Å²) < 4.78 is 18.1. The summed E-state index contributed by atoms with van der Waals surface area (Å²) in [6.45, 7) is 2.04. The zero-order chi connectivity index (χ0) is 24.9. The quantitative estimate of drug-likeness (QED) is 0.340. The first-order valence-corrected chi connectivity index (χ1v) is 11.6. The zero-order valence-electron chi connectivity index (χ0n) is 19.7. The molecule has 0 aliphatic carbocycles. The zero-order valence-corrected chi connectivity index (χ0v) is 20.5. The molecule has 2 aromatic carbocycles. The summed E-state index contributed by atoms with van der Waals surface area (Å²) in [5.74, 6) is 1.38. The van der Waals surface area contributed by atoms with Gasteiger partial charge in [-0.1, -0.05) is 31.0 Å². The van der Waals surface area contributed by atoms with E-state index < -0.39 is 5.56 Å². The van der Waals surface area contributed by atoms with Gasteiger partial charge in [-0.3, -0.25) is 9.36 Å². The molecule has 0 saturated carbocycles. The highest BCUT2D eigenvalue weighted by molar-refractivity contribution is 6.30. The molecule has 0 bridgehead atoms. The third-order valence-electron chi connectivity index (χ3n) is 5.60. The number of ether oxygens (including phenoxy) is 2. The second-order valence-corrected chi connectivity index (χ2v) is 8.35. The van der Waals surface area contributed by atoms with E-state index in [1.807, 2.05) is 6.92 Å². The van der Waals surface area contributed by atoms with Gasteiger partial charge in [-0.25, -0.2) is 4.98 Å². The maximum atomic E-state index is 13.8. The van der Waals surface area contributed by atoms with Gasteiger partial charge in [0.05, 0.1) is 25.5 Å². The molecule has 1 N–H and O–H groups in total. The SMILES string of the molecule is CCCCc1nc(O)c(Cc2coc(-c3ccc(Cl)cc3)n2)c(=O)n1-c1c(OC)cccc1OC. The molecule has 0 amide bonds. The van der Waals surface area contributed by atoms with E-state index in [2.05, 4.69) is 9.97 Å². The number of aromatic nitrogens is 3. The Morgan fingerprint density at radius 1 is 1.06 bits per heavy atom. The molecule has 9 heteroatoms. The van der Waals surface area contributed by atoms with Crippen molar-refractivity contribution in [2.75, 3.05) is 14.2 Å². The van der Waals surface area contributed by atoms with Crippen LogP contribution in [0.2, 0.25) is 5.02 Å². The Kier molecular flexibility index (Phi) is 7.41. The fourth-order valence-corrected chi connectivity index (χ4v) is 3.95. The monoisotopic (exact) mass is 495 g/mol. The Labute approximate surface area is 207 Å². The fourth-order valence-electron chi connectivity index (χ4n) is 3.82. The molecule has 2 heterocycles. The van der Waals surface area contributed by atoms with E-state index >= 15 is 0 Å². The van der Waals surface area contributed by atoms with Gasteiger partial charge >= 0.3 is 0 Å². The lowest BCUT2D eigenvalue weighted by Gasteiger charge is -2.19. The van der Waals surface area contributed by atoms with E-state index in [0.717, 1.165) is 18.4 Å². The number of benzene rings is 2. The Morgan fingerprint density at radius 2 is 1.74 bits per heavy atom. The second-order valence-electron chi connectivity index (χ2n) is 7.91. The first kappa shape index (κ1) is 24.3. The van der Waals surface area contributed by atoms with E-state index in [0.29, 0.717) is 46.0 Å². The number of hydrogen-bond donors (Lipinski definition) is 1. The Bertz CT molecular complexity index is 1360. The van der Waals surface area contributed by atoms with Crippen molar-refractivity contribution in [2.45, 2.75) is 32.6 Å². The Balaban J connectivity index is 1.82. The van der Waals surface area contributed by atoms with E-state index in [-0.39, 0.29) is 17.9 Å². The minimum Gasteiger partial charge on any atom is -0.494 e. The largest absolute Gasteiger partial charge is 0.494 e. The van der Waals surface area contributed by atoms with Crippen molar-refractivity contribution in [3.8, 4) is 34.5 Å². The predicted molar refractivity (Wildman–Crippen MR) is 133 cm³/mol. The van der Waals surface area contributed by atoms with Crippen molar-refractivity contribution >= 4 is 11.6 Å². The summed E-state index contributed by atoms with van der Waals surface area (Å²) in [5.41, 5.74) is 1.32. The summed E-state index contributed by atoms with van der Waals surface area (Å²) in [6.07, 6.45) is 3.66. The molecule has 4 aromatic rings. The van der Waals surface area contributed by atoms with Crippen molar-refractivity contribution in [1.82, 2.24) is 14.5 Å². The van der Waals surface area contributed by atoms with Crippen LogP contribution in [0.4, 0.5) is 0 Å². The number of rotatable bonds is 9. The third kappa shape index (κ3) is 5.02. The van der Waals surface area contributed by atoms with Gasteiger partial charge in [0.1, 0.15) is 29.3 Å². The van der Waals surface area contributed by atoms with E-state index in [4.69, 9.17) is 25.5 Å². The average molecular weight is 496 g/mol. The highest BCUT2D eigenvalue weighted by Crippen LogP contribution is 2.33. The Hall–Kier alpha value is -3.78. The number of nitrogens with zero attached hydrogens (tertiary/aromatic N) is 3. The molecule has 0 fully saturated rings. The lowest BCUT2D eigenvalue weighted by Crippen LogP contribution is -2.28. The summed E-state index contributed by atoms with van der Waals surface area (Å²) in [6, 6.07) is 12.3. The van der Waals surface area contributed by atoms with E-state index in [9.17, 15) is 9.90 Å². The molecular weight excluding hydrogens is 470 g/mol. The van der Waals surface area contributed by atoms with Gasteiger partial charge in [0.2, 0.25) is 11.8 Å². The molecular formula is C26H26ClN3O5. The molecule has 182 valence electrons. The molecule has 0 saturated heterocycles. The maximum absolute atomic E-state index is 13.8. The first-order chi connectivity index (χ1) is 17.0. The standard InChI is InChI=1S/C26H26ClN3O5/c1-4-5-9-22-29-24(31)19(14-18-15-35-25(28-18)16-10-12-17(27)13-11-16)26(32)30(22)23-20(33-2)7-6-8-21(23)34-3/h6-8,10-13,15,31H,4-5,9,14H2,1-3H3. The highest BCUT2D eigenvalue weighted by atomic mass is 35.5. The lowest BCUT2D eigenvalue weighted by molar-refractivity contribution is 0.387. The highest BCUT2D eigenvalue weighted by Gasteiger charge is 2.23. The molecule has 4 rings (SSSR count). The minimum atomic E-state index is -0.428. The molecule has 0 aliphatic rings. The van der Waals surface area contributed by atoms with Crippen LogP contribution in [0.5, 0.6) is 17.4 Å². The second kappa shape index (κ2) is 10.7. The number of methoxy groups -OCH3 is 2. The van der Waals surface area contributed by atoms with Crippen LogP contribution in [-0.4, -0.2) is 33.9 Å². The number of para-hydroxylation sites is 1. The van der Waals surface area contributed by atoms with Crippen molar-refractivity contribution < 1.29 is 19.0 Å². The maximum Gasteiger partial charge on any atom is 0.265 e. The number of aryl methyl sites for hydroxylation is 1. The molecule has 0 radical (unpaired) electrons. The van der Waals surface area contributed by atoms with Gasteiger partial charge < -0.3 is 19.0 Å². The summed E-state index contributed by atoms with van der Waals surface area (Å²) in [5, 5.41) is 11.4. The van der Waals surface area contributed by atoms with Gasteiger partial charge in [-0.05, 0) is 42.8 Å². The van der Waals surface area contributed by atoms with Crippen LogP contribution in [0.1, 0.15) is 36.8 Å². The van der Waals surface area contributed by atoms with Crippen molar-refractivity contribution in [2.24, 2.45) is 0 Å². The van der Waals surface area contributed by atoms with Crippen LogP contribution >= 0.6 is 11.6 Å². The van der Waals surface area contributed by atoms with Crippen LogP contribution in [0.15, 0.2) is 57.9 Å². The minimum absolute atomic E-state index is 0.0281. The lowest BCUT2D eigenvalue weighted by atomic mass is 10.1. The van der Waals surface area contributed by atoms with Crippen molar-refractivity contribution in [3.63, 3.8) is 0 Å². The predicted octanol–water partition coefficient (Wildman–Crippen LogP) is 5.20. The topological polar surface area (TPSA) is 99.6 Å². The van der Waals surface area contributed by atoms with Gasteiger partial charge in [0.15, 0.2) is 0 Å². The first-order valence-electron chi connectivity index (χ1n) is 11.2. The molecule has 0 atom stereocenters. The molecule has 2 aromatic heterocycles. The fraction of sp³-hybridized carbons (Fsp3) is 0.269. The number of aromatic hydroxyl groups is 1. The molecule has 35 heavy (non-hydrogen) atoms. The average Bonchev–Trinajstić information content (AvgIpc) is 3.34. The van der Waals surface area contributed by atoms with Gasteiger partial charge in [-0.15, -0.1) is 0 Å². The van der Waals surface area contributed by atoms with Gasteiger partial charge in [0.25, 0.3) is 5.56 Å². The summed E-state index contributed by atoms with van der Waals surface area (Å²) in [4.78, 5) is 22.7. The van der Waals surface area contributed by atoms with Crippen LogP contribution in [0.25, 0.3) is 17.1 Å². The van der Waals surface area contributed by atoms with Gasteiger partial charge in [-0.2, -0.15) is 4.98 Å². The Morgan fingerprint density at radius 3 is 2.37 bits per heavy atom. The normalized spacial score (nSPS) is 11.0. The number of hydrogen-bond acceptors (Lipinski definition) is 7. The smallest absolute Gasteiger partial charge is 0.265 e. The summed E-state index contributed by atoms with van der Waals surface area (Å²) in [7, 11) is 3.05. The molecule has 0 unspecified atom stereocenters. The van der Waals surface area contributed by atoms with E-state index in [1.54, 1.807) is 42.5 Å². The number of oxazole rings is 1. The van der Waals surface area contributed by atoms with Crippen LogP contribution < -0.4 is 15.0 Å². The van der Waals surface area contributed by atoms with E-state index in [1.165, 1.54) is 25.0 Å². The van der Waals surface area contributed by atoms with Crippen LogP contribution in [-0.2, 0) is 12.8 Å².